The number of benzene rings is 2. The van der Waals surface area contributed by atoms with E-state index in [1.165, 1.54) is 0 Å². The van der Waals surface area contributed by atoms with Crippen molar-refractivity contribution in [3.05, 3.63) is 83.6 Å². The normalized spacial score (nSPS) is 18.6. The fourth-order valence-electron chi connectivity index (χ4n) is 3.82. The first-order valence-corrected chi connectivity index (χ1v) is 9.48. The van der Waals surface area contributed by atoms with Gasteiger partial charge in [0.2, 0.25) is 0 Å². The number of hydrogen-bond acceptors (Lipinski definition) is 3. The standard InChI is InChI=1S/C23H23N3O3/c1-4-12-25-19-14-26(17-10-8-15(2)9-11-17)22(27)20(19)21(24-23(25)28)16-6-5-7-18(13-16)29-3/h4-11,13,21H,1,12,14H2,2-3H3,(H,24,28). The Hall–Kier alpha value is -3.54. The van der Waals surface area contributed by atoms with Crippen LogP contribution in [-0.2, 0) is 4.79 Å². The maximum atomic E-state index is 13.5. The zero-order valence-corrected chi connectivity index (χ0v) is 16.5. The minimum Gasteiger partial charge on any atom is -0.497 e. The summed E-state index contributed by atoms with van der Waals surface area (Å²) in [4.78, 5) is 29.6. The summed E-state index contributed by atoms with van der Waals surface area (Å²) < 4.78 is 5.32. The first-order valence-electron chi connectivity index (χ1n) is 9.48. The van der Waals surface area contributed by atoms with E-state index in [9.17, 15) is 9.59 Å². The molecule has 0 saturated carbocycles. The van der Waals surface area contributed by atoms with Crippen LogP contribution in [0.25, 0.3) is 0 Å². The maximum Gasteiger partial charge on any atom is 0.322 e. The summed E-state index contributed by atoms with van der Waals surface area (Å²) in [7, 11) is 1.59. The minimum atomic E-state index is -0.531. The molecule has 4 rings (SSSR count). The van der Waals surface area contributed by atoms with Gasteiger partial charge in [-0.25, -0.2) is 4.79 Å². The van der Waals surface area contributed by atoms with Gasteiger partial charge in [0.15, 0.2) is 0 Å². The van der Waals surface area contributed by atoms with Gasteiger partial charge in [-0.15, -0.1) is 6.58 Å². The van der Waals surface area contributed by atoms with E-state index in [0.29, 0.717) is 30.1 Å². The highest BCUT2D eigenvalue weighted by Gasteiger charge is 2.44. The summed E-state index contributed by atoms with van der Waals surface area (Å²) in [5, 5.41) is 2.98. The van der Waals surface area contributed by atoms with E-state index < -0.39 is 6.04 Å². The molecule has 2 aromatic carbocycles. The number of hydrogen-bond donors (Lipinski definition) is 1. The van der Waals surface area contributed by atoms with Gasteiger partial charge in [0, 0.05) is 12.2 Å². The lowest BCUT2D eigenvalue weighted by Crippen LogP contribution is -2.47. The highest BCUT2D eigenvalue weighted by atomic mass is 16.5. The zero-order chi connectivity index (χ0) is 20.5. The zero-order valence-electron chi connectivity index (χ0n) is 16.5. The van der Waals surface area contributed by atoms with Crippen LogP contribution < -0.4 is 15.0 Å². The van der Waals surface area contributed by atoms with Crippen LogP contribution in [0.2, 0.25) is 0 Å². The smallest absolute Gasteiger partial charge is 0.322 e. The molecule has 0 aromatic heterocycles. The molecule has 1 unspecified atom stereocenters. The minimum absolute atomic E-state index is 0.106. The molecule has 2 heterocycles. The van der Waals surface area contributed by atoms with Crippen molar-refractivity contribution in [3.63, 3.8) is 0 Å². The van der Waals surface area contributed by atoms with Crippen molar-refractivity contribution in [2.24, 2.45) is 0 Å². The van der Waals surface area contributed by atoms with Crippen molar-refractivity contribution in [2.75, 3.05) is 25.1 Å². The Balaban J connectivity index is 1.78. The molecule has 6 nitrogen and oxygen atoms in total. The number of amides is 3. The summed E-state index contributed by atoms with van der Waals surface area (Å²) in [6.07, 6.45) is 1.66. The Kier molecular flexibility index (Phi) is 4.84. The Morgan fingerprint density at radius 1 is 1.21 bits per heavy atom. The van der Waals surface area contributed by atoms with Gasteiger partial charge in [-0.2, -0.15) is 0 Å². The number of aryl methyl sites for hydroxylation is 1. The third-order valence-corrected chi connectivity index (χ3v) is 5.31. The van der Waals surface area contributed by atoms with E-state index in [-0.39, 0.29) is 11.9 Å². The quantitative estimate of drug-likeness (QED) is 0.796. The molecule has 2 aliphatic rings. The van der Waals surface area contributed by atoms with Gasteiger partial charge in [0.1, 0.15) is 5.75 Å². The topological polar surface area (TPSA) is 61.9 Å². The van der Waals surface area contributed by atoms with Gasteiger partial charge < -0.3 is 15.0 Å². The van der Waals surface area contributed by atoms with Crippen molar-refractivity contribution in [1.82, 2.24) is 10.2 Å². The lowest BCUT2D eigenvalue weighted by atomic mass is 9.95. The second-order valence-electron chi connectivity index (χ2n) is 7.15. The summed E-state index contributed by atoms with van der Waals surface area (Å²) in [5.41, 5.74) is 4.04. The summed E-state index contributed by atoms with van der Waals surface area (Å²) in [6.45, 7) is 6.44. The number of nitrogens with zero attached hydrogens (tertiary/aromatic N) is 2. The maximum absolute atomic E-state index is 13.5. The fraction of sp³-hybridized carbons (Fsp3) is 0.217. The molecule has 1 atom stereocenters. The molecule has 0 bridgehead atoms. The molecular weight excluding hydrogens is 366 g/mol. The number of anilines is 1. The van der Waals surface area contributed by atoms with Crippen molar-refractivity contribution in [2.45, 2.75) is 13.0 Å². The van der Waals surface area contributed by atoms with E-state index in [1.807, 2.05) is 55.5 Å². The predicted octanol–water partition coefficient (Wildman–Crippen LogP) is 3.56. The average molecular weight is 389 g/mol. The first kappa shape index (κ1) is 18.8. The van der Waals surface area contributed by atoms with Gasteiger partial charge >= 0.3 is 6.03 Å². The first-order chi connectivity index (χ1) is 14.0. The predicted molar refractivity (Wildman–Crippen MR) is 112 cm³/mol. The molecule has 2 aromatic rings. The number of ether oxygens (including phenoxy) is 1. The fourth-order valence-corrected chi connectivity index (χ4v) is 3.82. The molecule has 3 amide bonds. The molecule has 6 heteroatoms. The summed E-state index contributed by atoms with van der Waals surface area (Å²) in [5.74, 6) is 0.569. The molecule has 148 valence electrons. The second kappa shape index (κ2) is 7.47. The van der Waals surface area contributed by atoms with Crippen LogP contribution in [0.3, 0.4) is 0 Å². The number of methoxy groups -OCH3 is 1. The van der Waals surface area contributed by atoms with E-state index in [2.05, 4.69) is 11.9 Å². The number of urea groups is 1. The van der Waals surface area contributed by atoms with E-state index in [1.54, 1.807) is 23.0 Å². The van der Waals surface area contributed by atoms with Crippen molar-refractivity contribution in [3.8, 4) is 5.75 Å². The monoisotopic (exact) mass is 389 g/mol. The highest BCUT2D eigenvalue weighted by molar-refractivity contribution is 6.11. The molecule has 0 saturated heterocycles. The van der Waals surface area contributed by atoms with Crippen LogP contribution >= 0.6 is 0 Å². The molecule has 1 N–H and O–H groups in total. The molecule has 0 fully saturated rings. The molecule has 0 radical (unpaired) electrons. The van der Waals surface area contributed by atoms with Crippen molar-refractivity contribution >= 4 is 17.6 Å². The summed E-state index contributed by atoms with van der Waals surface area (Å²) >= 11 is 0. The van der Waals surface area contributed by atoms with Crippen LogP contribution in [0.5, 0.6) is 5.75 Å². The second-order valence-corrected chi connectivity index (χ2v) is 7.15. The molecule has 0 aliphatic carbocycles. The number of carbonyl (C=O) groups excluding carboxylic acids is 2. The van der Waals surface area contributed by atoms with Crippen molar-refractivity contribution in [1.29, 1.82) is 0 Å². The Morgan fingerprint density at radius 2 is 1.97 bits per heavy atom. The van der Waals surface area contributed by atoms with Crippen LogP contribution in [0, 0.1) is 6.92 Å². The molecule has 29 heavy (non-hydrogen) atoms. The van der Waals surface area contributed by atoms with Gasteiger partial charge in [0.25, 0.3) is 5.91 Å². The Labute approximate surface area is 170 Å². The SMILES string of the molecule is C=CCN1C(=O)NC(c2cccc(OC)c2)C2=C1CN(c1ccc(C)cc1)C2=O. The molecule has 2 aliphatic heterocycles. The van der Waals surface area contributed by atoms with E-state index >= 15 is 0 Å². The Morgan fingerprint density at radius 3 is 2.66 bits per heavy atom. The van der Waals surface area contributed by atoms with Crippen molar-refractivity contribution < 1.29 is 14.3 Å². The largest absolute Gasteiger partial charge is 0.497 e. The summed E-state index contributed by atoms with van der Waals surface area (Å²) in [6, 6.07) is 14.5. The Bertz CT molecular complexity index is 1010. The van der Waals surface area contributed by atoms with Crippen LogP contribution in [0.15, 0.2) is 72.5 Å². The highest BCUT2D eigenvalue weighted by Crippen LogP contribution is 2.38. The van der Waals surface area contributed by atoms with Crippen LogP contribution in [0.4, 0.5) is 10.5 Å². The van der Waals surface area contributed by atoms with Gasteiger partial charge in [-0.05, 0) is 36.8 Å². The number of nitrogens with one attached hydrogen (secondary N) is 1. The molecular formula is C23H23N3O3. The lowest BCUT2D eigenvalue weighted by molar-refractivity contribution is -0.114. The molecule has 0 spiro atoms. The third kappa shape index (κ3) is 3.27. The lowest BCUT2D eigenvalue weighted by Gasteiger charge is -2.33. The van der Waals surface area contributed by atoms with E-state index in [4.69, 9.17) is 4.74 Å². The van der Waals surface area contributed by atoms with Gasteiger partial charge in [0.05, 0.1) is 31.0 Å². The van der Waals surface area contributed by atoms with E-state index in [0.717, 1.165) is 16.8 Å². The number of rotatable bonds is 5. The average Bonchev–Trinajstić information content (AvgIpc) is 3.08. The van der Waals surface area contributed by atoms with Gasteiger partial charge in [-0.1, -0.05) is 35.9 Å². The third-order valence-electron chi connectivity index (χ3n) is 5.31. The number of carbonyl (C=O) groups is 2. The van der Waals surface area contributed by atoms with Crippen LogP contribution in [-0.4, -0.2) is 37.0 Å². The van der Waals surface area contributed by atoms with Gasteiger partial charge in [-0.3, -0.25) is 9.69 Å². The van der Waals surface area contributed by atoms with Crippen LogP contribution in [0.1, 0.15) is 17.2 Å².